The van der Waals surface area contributed by atoms with Crippen molar-refractivity contribution in [3.8, 4) is 0 Å². The minimum Gasteiger partial charge on any atom is -0.394 e. The van der Waals surface area contributed by atoms with Gasteiger partial charge in [-0.05, 0) is 42.7 Å². The van der Waals surface area contributed by atoms with E-state index in [0.717, 1.165) is 22.5 Å². The molecule has 0 saturated carbocycles. The summed E-state index contributed by atoms with van der Waals surface area (Å²) >= 11 is 0. The summed E-state index contributed by atoms with van der Waals surface area (Å²) in [6.07, 6.45) is 4.19. The molecule has 1 atom stereocenters. The first kappa shape index (κ1) is 17.9. The molecule has 2 N–H and O–H groups in total. The highest BCUT2D eigenvalue weighted by atomic mass is 16.3. The number of carbonyl (C=O) groups excluding carboxylic acids is 1. The molecule has 0 radical (unpaired) electrons. The number of hydrogen-bond acceptors (Lipinski definition) is 4. The van der Waals surface area contributed by atoms with Gasteiger partial charge in [-0.15, -0.1) is 0 Å². The number of fused-ring (bicyclic) bond motifs is 1. The Morgan fingerprint density at radius 1 is 1.19 bits per heavy atom. The average Bonchev–Trinajstić information content (AvgIpc) is 3.04. The van der Waals surface area contributed by atoms with Gasteiger partial charge in [-0.3, -0.25) is 4.79 Å². The summed E-state index contributed by atoms with van der Waals surface area (Å²) < 4.78 is 1.83. The predicted molar refractivity (Wildman–Crippen MR) is 103 cm³/mol. The molecule has 0 aliphatic heterocycles. The molecular formula is C20H24N4O2. The van der Waals surface area contributed by atoms with Gasteiger partial charge in [-0.1, -0.05) is 18.2 Å². The van der Waals surface area contributed by atoms with Crippen LogP contribution in [0.15, 0.2) is 48.8 Å². The van der Waals surface area contributed by atoms with E-state index in [9.17, 15) is 9.90 Å². The summed E-state index contributed by atoms with van der Waals surface area (Å²) in [6, 6.07) is 11.5. The molecule has 3 aromatic rings. The molecule has 2 heterocycles. The van der Waals surface area contributed by atoms with Crippen molar-refractivity contribution in [3.63, 3.8) is 0 Å². The number of aromatic nitrogens is 2. The molecule has 1 amide bonds. The first-order valence-corrected chi connectivity index (χ1v) is 8.59. The quantitative estimate of drug-likeness (QED) is 0.712. The fourth-order valence-electron chi connectivity index (χ4n) is 2.85. The summed E-state index contributed by atoms with van der Waals surface area (Å²) in [4.78, 5) is 18.9. The molecule has 6 nitrogen and oxygen atoms in total. The summed E-state index contributed by atoms with van der Waals surface area (Å²) in [5.74, 6) is -0.282. The van der Waals surface area contributed by atoms with E-state index in [2.05, 4.69) is 10.3 Å². The third-order valence-corrected chi connectivity index (χ3v) is 4.32. The molecule has 6 heteroatoms. The first-order chi connectivity index (χ1) is 12.5. The zero-order valence-electron chi connectivity index (χ0n) is 15.3. The van der Waals surface area contributed by atoms with Gasteiger partial charge in [-0.25, -0.2) is 4.98 Å². The molecule has 0 saturated heterocycles. The van der Waals surface area contributed by atoms with E-state index >= 15 is 0 Å². The zero-order valence-corrected chi connectivity index (χ0v) is 15.3. The van der Waals surface area contributed by atoms with Crippen molar-refractivity contribution in [3.05, 3.63) is 65.6 Å². The van der Waals surface area contributed by atoms with Crippen molar-refractivity contribution in [2.24, 2.45) is 0 Å². The molecule has 0 bridgehead atoms. The Labute approximate surface area is 153 Å². The predicted octanol–water partition coefficient (Wildman–Crippen LogP) is 2.04. The molecule has 136 valence electrons. The number of hydrogen-bond donors (Lipinski definition) is 2. The van der Waals surface area contributed by atoms with Gasteiger partial charge in [0, 0.05) is 32.2 Å². The fourth-order valence-corrected chi connectivity index (χ4v) is 2.85. The van der Waals surface area contributed by atoms with Crippen molar-refractivity contribution in [2.75, 3.05) is 25.6 Å². The van der Waals surface area contributed by atoms with E-state index in [1.54, 1.807) is 6.20 Å². The van der Waals surface area contributed by atoms with Crippen molar-refractivity contribution in [2.45, 2.75) is 19.4 Å². The second-order valence-electron chi connectivity index (χ2n) is 6.72. The maximum atomic E-state index is 12.5. The Hall–Kier alpha value is -2.86. The smallest absolute Gasteiger partial charge is 0.271 e. The highest BCUT2D eigenvalue weighted by Gasteiger charge is 2.16. The Bertz CT molecular complexity index is 900. The molecule has 26 heavy (non-hydrogen) atoms. The van der Waals surface area contributed by atoms with Gasteiger partial charge in [-0.2, -0.15) is 0 Å². The Kier molecular flexibility index (Phi) is 5.23. The second-order valence-corrected chi connectivity index (χ2v) is 6.72. The molecule has 2 aromatic heterocycles. The van der Waals surface area contributed by atoms with Gasteiger partial charge < -0.3 is 19.7 Å². The van der Waals surface area contributed by atoms with Crippen molar-refractivity contribution >= 4 is 17.2 Å². The van der Waals surface area contributed by atoms with Crippen LogP contribution in [-0.2, 0) is 6.42 Å². The maximum absolute atomic E-state index is 12.5. The highest BCUT2D eigenvalue weighted by Crippen LogP contribution is 2.14. The van der Waals surface area contributed by atoms with E-state index in [1.807, 2.05) is 72.9 Å². The van der Waals surface area contributed by atoms with Gasteiger partial charge in [0.2, 0.25) is 0 Å². The van der Waals surface area contributed by atoms with Crippen LogP contribution in [0.2, 0.25) is 0 Å². The number of aliphatic hydroxyl groups excluding tert-OH is 1. The largest absolute Gasteiger partial charge is 0.394 e. The number of aryl methyl sites for hydroxylation is 1. The van der Waals surface area contributed by atoms with Crippen LogP contribution in [0.25, 0.3) is 5.65 Å². The lowest BCUT2D eigenvalue weighted by molar-refractivity contribution is 0.0912. The standard InChI is InChI=1S/C20H24N4O2/c1-14-4-9-19-22-18(12-24(19)11-14)20(26)21-16(13-25)10-15-5-7-17(8-6-15)23(2)3/h4-9,11-12,16,25H,10,13H2,1-3H3,(H,21,26)/t16-/m0/s1. The lowest BCUT2D eigenvalue weighted by atomic mass is 10.1. The first-order valence-electron chi connectivity index (χ1n) is 8.59. The maximum Gasteiger partial charge on any atom is 0.271 e. The van der Waals surface area contributed by atoms with Crippen LogP contribution >= 0.6 is 0 Å². The van der Waals surface area contributed by atoms with Crippen molar-refractivity contribution < 1.29 is 9.90 Å². The molecule has 0 unspecified atom stereocenters. The second kappa shape index (κ2) is 7.58. The number of rotatable bonds is 6. The van der Waals surface area contributed by atoms with Crippen molar-refractivity contribution in [1.29, 1.82) is 0 Å². The molecule has 0 spiro atoms. The minimum absolute atomic E-state index is 0.131. The van der Waals surface area contributed by atoms with Crippen LogP contribution in [0.3, 0.4) is 0 Å². The number of nitrogens with one attached hydrogen (secondary N) is 1. The van der Waals surface area contributed by atoms with Gasteiger partial charge >= 0.3 is 0 Å². The van der Waals surface area contributed by atoms with E-state index in [0.29, 0.717) is 12.1 Å². The third-order valence-electron chi connectivity index (χ3n) is 4.32. The van der Waals surface area contributed by atoms with Crippen LogP contribution in [0.5, 0.6) is 0 Å². The van der Waals surface area contributed by atoms with E-state index in [1.165, 1.54) is 0 Å². The molecule has 3 rings (SSSR count). The summed E-state index contributed by atoms with van der Waals surface area (Å²) in [5.41, 5.74) is 4.33. The number of benzene rings is 1. The zero-order chi connectivity index (χ0) is 18.7. The van der Waals surface area contributed by atoms with Gasteiger partial charge in [0.1, 0.15) is 11.3 Å². The van der Waals surface area contributed by atoms with E-state index in [4.69, 9.17) is 0 Å². The monoisotopic (exact) mass is 352 g/mol. The Morgan fingerprint density at radius 2 is 1.92 bits per heavy atom. The number of nitrogens with zero attached hydrogens (tertiary/aromatic N) is 3. The van der Waals surface area contributed by atoms with Crippen LogP contribution in [0.4, 0.5) is 5.69 Å². The molecule has 0 aliphatic carbocycles. The van der Waals surface area contributed by atoms with E-state index < -0.39 is 0 Å². The molecule has 0 fully saturated rings. The molecular weight excluding hydrogens is 328 g/mol. The lowest BCUT2D eigenvalue weighted by Crippen LogP contribution is -2.39. The number of aliphatic hydroxyl groups is 1. The minimum atomic E-state index is -0.362. The van der Waals surface area contributed by atoms with Gasteiger partial charge in [0.15, 0.2) is 0 Å². The summed E-state index contributed by atoms with van der Waals surface area (Å²) in [6.45, 7) is 1.86. The van der Waals surface area contributed by atoms with Crippen molar-refractivity contribution in [1.82, 2.24) is 14.7 Å². The number of carbonyl (C=O) groups is 1. The fraction of sp³-hybridized carbons (Fsp3) is 0.300. The number of amides is 1. The third kappa shape index (κ3) is 4.03. The molecule has 0 aliphatic rings. The van der Waals surface area contributed by atoms with E-state index in [-0.39, 0.29) is 18.6 Å². The number of pyridine rings is 1. The van der Waals surface area contributed by atoms with Crippen LogP contribution in [-0.4, -0.2) is 47.1 Å². The van der Waals surface area contributed by atoms with Crippen LogP contribution < -0.4 is 10.2 Å². The average molecular weight is 352 g/mol. The van der Waals surface area contributed by atoms with Gasteiger partial charge in [0.25, 0.3) is 5.91 Å². The summed E-state index contributed by atoms with van der Waals surface area (Å²) in [7, 11) is 3.98. The Morgan fingerprint density at radius 3 is 2.58 bits per heavy atom. The summed E-state index contributed by atoms with van der Waals surface area (Å²) in [5, 5.41) is 12.5. The molecule has 1 aromatic carbocycles. The normalized spacial score (nSPS) is 12.2. The Balaban J connectivity index is 1.69. The topological polar surface area (TPSA) is 69.9 Å². The number of imidazole rings is 1. The number of anilines is 1. The SMILES string of the molecule is Cc1ccc2nc(C(=O)N[C@H](CO)Cc3ccc(N(C)C)cc3)cn2c1. The van der Waals surface area contributed by atoms with Crippen LogP contribution in [0, 0.1) is 6.92 Å². The van der Waals surface area contributed by atoms with Crippen LogP contribution in [0.1, 0.15) is 21.6 Å². The lowest BCUT2D eigenvalue weighted by Gasteiger charge is -2.17. The van der Waals surface area contributed by atoms with Gasteiger partial charge in [0.05, 0.1) is 12.6 Å². The highest BCUT2D eigenvalue weighted by molar-refractivity contribution is 5.93.